The van der Waals surface area contributed by atoms with Crippen LogP contribution >= 0.6 is 0 Å². The molecule has 0 aliphatic heterocycles. The second-order valence-corrected chi connectivity index (χ2v) is 4.46. The summed E-state index contributed by atoms with van der Waals surface area (Å²) in [6.07, 6.45) is 1.74. The van der Waals surface area contributed by atoms with E-state index < -0.39 is 0 Å². The normalized spacial score (nSPS) is 10.4. The van der Waals surface area contributed by atoms with Crippen molar-refractivity contribution in [3.05, 3.63) is 53.3 Å². The Morgan fingerprint density at radius 2 is 1.89 bits per heavy atom. The van der Waals surface area contributed by atoms with E-state index in [9.17, 15) is 5.11 Å². The quantitative estimate of drug-likeness (QED) is 0.899. The molecule has 0 spiro atoms. The van der Waals surface area contributed by atoms with Gasteiger partial charge < -0.3 is 10.0 Å². The van der Waals surface area contributed by atoms with Gasteiger partial charge >= 0.3 is 0 Å². The van der Waals surface area contributed by atoms with Crippen LogP contribution in [0.3, 0.4) is 0 Å². The van der Waals surface area contributed by atoms with E-state index >= 15 is 0 Å². The molecule has 1 N–H and O–H groups in total. The van der Waals surface area contributed by atoms with Crippen LogP contribution in [0.1, 0.15) is 16.8 Å². The van der Waals surface area contributed by atoms with E-state index in [0.29, 0.717) is 0 Å². The zero-order valence-corrected chi connectivity index (χ0v) is 11.0. The largest absolute Gasteiger partial charge is 0.392 e. The molecule has 94 valence electrons. The fourth-order valence-corrected chi connectivity index (χ4v) is 2.08. The van der Waals surface area contributed by atoms with Gasteiger partial charge in [0.05, 0.1) is 6.61 Å². The van der Waals surface area contributed by atoms with Crippen molar-refractivity contribution in [2.45, 2.75) is 20.5 Å². The summed E-state index contributed by atoms with van der Waals surface area (Å²) in [5, 5.41) is 9.41. The number of pyridine rings is 1. The molecule has 3 heteroatoms. The summed E-state index contributed by atoms with van der Waals surface area (Å²) in [6.45, 7) is 4.04. The summed E-state index contributed by atoms with van der Waals surface area (Å²) in [6, 6.07) is 10.2. The predicted molar refractivity (Wildman–Crippen MR) is 74.1 cm³/mol. The number of rotatable bonds is 3. The Bertz CT molecular complexity index is 552. The van der Waals surface area contributed by atoms with Gasteiger partial charge in [0, 0.05) is 35.9 Å². The molecule has 0 atom stereocenters. The van der Waals surface area contributed by atoms with Crippen LogP contribution in [0.15, 0.2) is 36.5 Å². The molecule has 2 aromatic rings. The van der Waals surface area contributed by atoms with Crippen LogP contribution < -0.4 is 4.90 Å². The Kier molecular flexibility index (Phi) is 3.63. The van der Waals surface area contributed by atoms with Crippen molar-refractivity contribution < 1.29 is 5.11 Å². The Hall–Kier alpha value is -1.87. The van der Waals surface area contributed by atoms with Gasteiger partial charge in [0.25, 0.3) is 0 Å². The third kappa shape index (κ3) is 2.36. The molecule has 18 heavy (non-hydrogen) atoms. The molecule has 0 radical (unpaired) electrons. The maximum Gasteiger partial charge on any atom is 0.0717 e. The number of hydrogen-bond acceptors (Lipinski definition) is 3. The minimum atomic E-state index is -0.00116. The van der Waals surface area contributed by atoms with Crippen LogP contribution in [0.2, 0.25) is 0 Å². The van der Waals surface area contributed by atoms with Crippen molar-refractivity contribution in [2.24, 2.45) is 0 Å². The summed E-state index contributed by atoms with van der Waals surface area (Å²) >= 11 is 0. The van der Waals surface area contributed by atoms with Gasteiger partial charge in [-0.05, 0) is 31.5 Å². The molecule has 0 aliphatic carbocycles. The molecule has 0 saturated heterocycles. The Morgan fingerprint density at radius 3 is 2.56 bits per heavy atom. The molecule has 0 bridgehead atoms. The lowest BCUT2D eigenvalue weighted by molar-refractivity contribution is 0.282. The van der Waals surface area contributed by atoms with Gasteiger partial charge in [-0.15, -0.1) is 0 Å². The highest BCUT2D eigenvalue weighted by Gasteiger charge is 2.11. The van der Waals surface area contributed by atoms with E-state index in [1.165, 1.54) is 5.56 Å². The minimum absolute atomic E-state index is 0.00116. The fraction of sp³-hybridized carbons (Fsp3) is 0.267. The summed E-state index contributed by atoms with van der Waals surface area (Å²) in [7, 11) is 2.01. The van der Waals surface area contributed by atoms with Crippen LogP contribution in [0.4, 0.5) is 11.4 Å². The van der Waals surface area contributed by atoms with Crippen molar-refractivity contribution in [2.75, 3.05) is 11.9 Å². The van der Waals surface area contributed by atoms with Gasteiger partial charge in [-0.25, -0.2) is 0 Å². The minimum Gasteiger partial charge on any atom is -0.392 e. The van der Waals surface area contributed by atoms with Gasteiger partial charge in [-0.3, -0.25) is 4.98 Å². The number of para-hydroxylation sites is 1. The molecular weight excluding hydrogens is 224 g/mol. The van der Waals surface area contributed by atoms with Crippen LogP contribution in [-0.4, -0.2) is 17.1 Å². The lowest BCUT2D eigenvalue weighted by Gasteiger charge is -2.24. The van der Waals surface area contributed by atoms with E-state index in [1.54, 1.807) is 6.20 Å². The van der Waals surface area contributed by atoms with Crippen LogP contribution in [0.25, 0.3) is 0 Å². The maximum absolute atomic E-state index is 9.41. The SMILES string of the molecule is Cc1cc(N(C)c2ccccc2C)c(CO)cn1. The number of aliphatic hydroxyl groups is 1. The van der Waals surface area contributed by atoms with Gasteiger partial charge in [-0.2, -0.15) is 0 Å². The Labute approximate surface area is 108 Å². The second-order valence-electron chi connectivity index (χ2n) is 4.46. The second kappa shape index (κ2) is 5.19. The smallest absolute Gasteiger partial charge is 0.0717 e. The lowest BCUT2D eigenvalue weighted by Crippen LogP contribution is -2.13. The van der Waals surface area contributed by atoms with Gasteiger partial charge in [0.1, 0.15) is 0 Å². The molecule has 1 heterocycles. The van der Waals surface area contributed by atoms with E-state index in [2.05, 4.69) is 28.9 Å². The highest BCUT2D eigenvalue weighted by atomic mass is 16.3. The molecule has 2 rings (SSSR count). The van der Waals surface area contributed by atoms with Crippen LogP contribution in [-0.2, 0) is 6.61 Å². The number of nitrogens with zero attached hydrogens (tertiary/aromatic N) is 2. The highest BCUT2D eigenvalue weighted by molar-refractivity contribution is 5.68. The number of hydrogen-bond donors (Lipinski definition) is 1. The number of anilines is 2. The van der Waals surface area contributed by atoms with Crippen LogP contribution in [0, 0.1) is 13.8 Å². The third-order valence-corrected chi connectivity index (χ3v) is 3.11. The zero-order chi connectivity index (χ0) is 13.1. The monoisotopic (exact) mass is 242 g/mol. The molecule has 0 aliphatic rings. The molecule has 3 nitrogen and oxygen atoms in total. The maximum atomic E-state index is 9.41. The molecule has 1 aromatic heterocycles. The van der Waals surface area contributed by atoms with Gasteiger partial charge in [0.2, 0.25) is 0 Å². The van der Waals surface area contributed by atoms with E-state index in [-0.39, 0.29) is 6.61 Å². The summed E-state index contributed by atoms with van der Waals surface area (Å²) in [5.41, 5.74) is 5.13. The molecule has 0 amide bonds. The average Bonchev–Trinajstić information content (AvgIpc) is 2.38. The summed E-state index contributed by atoms with van der Waals surface area (Å²) in [4.78, 5) is 6.32. The molecule has 0 fully saturated rings. The van der Waals surface area contributed by atoms with Crippen molar-refractivity contribution in [1.82, 2.24) is 4.98 Å². The average molecular weight is 242 g/mol. The van der Waals surface area contributed by atoms with Gasteiger partial charge in [0.15, 0.2) is 0 Å². The zero-order valence-electron chi connectivity index (χ0n) is 11.0. The highest BCUT2D eigenvalue weighted by Crippen LogP contribution is 2.29. The molecule has 0 saturated carbocycles. The first-order chi connectivity index (χ1) is 8.63. The van der Waals surface area contributed by atoms with E-state index in [1.807, 2.05) is 32.2 Å². The molecule has 0 unspecified atom stereocenters. The number of aliphatic hydroxyl groups excluding tert-OH is 1. The molecular formula is C15H18N2O. The molecule has 1 aromatic carbocycles. The summed E-state index contributed by atoms with van der Waals surface area (Å²) < 4.78 is 0. The van der Waals surface area contributed by atoms with Gasteiger partial charge in [-0.1, -0.05) is 18.2 Å². The van der Waals surface area contributed by atoms with E-state index in [4.69, 9.17) is 0 Å². The van der Waals surface area contributed by atoms with Crippen molar-refractivity contribution in [3.63, 3.8) is 0 Å². The first-order valence-corrected chi connectivity index (χ1v) is 5.99. The standard InChI is InChI=1S/C15H18N2O/c1-11-6-4-5-7-14(11)17(3)15-8-12(2)16-9-13(15)10-18/h4-9,18H,10H2,1-3H3. The fourth-order valence-electron chi connectivity index (χ4n) is 2.08. The predicted octanol–water partition coefficient (Wildman–Crippen LogP) is 2.96. The van der Waals surface area contributed by atoms with Crippen molar-refractivity contribution in [1.29, 1.82) is 0 Å². The Balaban J connectivity index is 2.48. The third-order valence-electron chi connectivity index (χ3n) is 3.11. The van der Waals surface area contributed by atoms with Crippen molar-refractivity contribution >= 4 is 11.4 Å². The van der Waals surface area contributed by atoms with E-state index in [0.717, 1.165) is 22.6 Å². The Morgan fingerprint density at radius 1 is 1.17 bits per heavy atom. The number of benzene rings is 1. The topological polar surface area (TPSA) is 36.4 Å². The lowest BCUT2D eigenvalue weighted by atomic mass is 10.1. The van der Waals surface area contributed by atoms with Crippen molar-refractivity contribution in [3.8, 4) is 0 Å². The number of aryl methyl sites for hydroxylation is 2. The van der Waals surface area contributed by atoms with Crippen LogP contribution in [0.5, 0.6) is 0 Å². The first-order valence-electron chi connectivity index (χ1n) is 5.99. The number of aromatic nitrogens is 1. The summed E-state index contributed by atoms with van der Waals surface area (Å²) in [5.74, 6) is 0. The first kappa shape index (κ1) is 12.6.